The standard InChI is InChI=1S/C9H13NO/c11-7-3-5-9-4-1-2-6-10-8-9/h1-2,4,6,8,10-11H,3,5,7H2. The first-order valence-electron chi connectivity index (χ1n) is 3.82. The minimum atomic E-state index is 0.263. The number of nitrogens with one attached hydrogen (secondary N) is 1. The molecule has 0 aliphatic carbocycles. The third-order valence-electron chi connectivity index (χ3n) is 1.51. The Morgan fingerprint density at radius 3 is 3.09 bits per heavy atom. The minimum absolute atomic E-state index is 0.263. The molecule has 0 amide bonds. The fourth-order valence-electron chi connectivity index (χ4n) is 0.932. The number of aliphatic hydroxyl groups is 1. The highest BCUT2D eigenvalue weighted by Crippen LogP contribution is 2.06. The summed E-state index contributed by atoms with van der Waals surface area (Å²) in [5, 5.41) is 11.6. The molecular formula is C9H13NO. The van der Waals surface area contributed by atoms with Crippen molar-refractivity contribution in [1.82, 2.24) is 5.32 Å². The van der Waals surface area contributed by atoms with E-state index in [1.165, 1.54) is 5.57 Å². The van der Waals surface area contributed by atoms with Crippen LogP contribution in [0.2, 0.25) is 0 Å². The molecule has 0 fully saturated rings. The Labute approximate surface area is 66.9 Å². The lowest BCUT2D eigenvalue weighted by molar-refractivity contribution is 0.289. The molecule has 0 saturated heterocycles. The Morgan fingerprint density at radius 1 is 1.36 bits per heavy atom. The van der Waals surface area contributed by atoms with Crippen molar-refractivity contribution in [3.8, 4) is 0 Å². The van der Waals surface area contributed by atoms with E-state index in [1.807, 2.05) is 30.6 Å². The van der Waals surface area contributed by atoms with E-state index in [1.54, 1.807) is 0 Å². The van der Waals surface area contributed by atoms with Crippen LogP contribution in [0, 0.1) is 0 Å². The van der Waals surface area contributed by atoms with Gasteiger partial charge in [0.2, 0.25) is 0 Å². The molecule has 2 N–H and O–H groups in total. The van der Waals surface area contributed by atoms with Gasteiger partial charge in [-0.1, -0.05) is 12.2 Å². The molecular weight excluding hydrogens is 138 g/mol. The Kier molecular flexibility index (Phi) is 3.48. The fraction of sp³-hybridized carbons (Fsp3) is 0.333. The lowest BCUT2D eigenvalue weighted by atomic mass is 10.1. The van der Waals surface area contributed by atoms with E-state index in [0.717, 1.165) is 12.8 Å². The van der Waals surface area contributed by atoms with Crippen LogP contribution in [-0.4, -0.2) is 11.7 Å². The van der Waals surface area contributed by atoms with Gasteiger partial charge in [-0.05, 0) is 24.5 Å². The van der Waals surface area contributed by atoms with Crippen LogP contribution in [0.15, 0.2) is 36.2 Å². The zero-order valence-electron chi connectivity index (χ0n) is 6.46. The van der Waals surface area contributed by atoms with Crippen LogP contribution in [0.4, 0.5) is 0 Å². The molecule has 0 aromatic carbocycles. The number of hydrogen-bond acceptors (Lipinski definition) is 2. The van der Waals surface area contributed by atoms with Crippen molar-refractivity contribution in [3.05, 3.63) is 36.2 Å². The number of rotatable bonds is 3. The van der Waals surface area contributed by atoms with Gasteiger partial charge in [0.1, 0.15) is 0 Å². The van der Waals surface area contributed by atoms with Gasteiger partial charge in [0.25, 0.3) is 0 Å². The maximum atomic E-state index is 8.58. The van der Waals surface area contributed by atoms with Crippen LogP contribution in [0.5, 0.6) is 0 Å². The molecule has 0 radical (unpaired) electrons. The van der Waals surface area contributed by atoms with Crippen molar-refractivity contribution in [1.29, 1.82) is 0 Å². The lowest BCUT2D eigenvalue weighted by Crippen LogP contribution is -1.93. The summed E-state index contributed by atoms with van der Waals surface area (Å²) >= 11 is 0. The molecule has 60 valence electrons. The third kappa shape index (κ3) is 3.05. The van der Waals surface area contributed by atoms with Crippen molar-refractivity contribution in [2.45, 2.75) is 12.8 Å². The van der Waals surface area contributed by atoms with Gasteiger partial charge in [0.05, 0.1) is 0 Å². The normalized spacial score (nSPS) is 15.5. The molecule has 1 aliphatic heterocycles. The van der Waals surface area contributed by atoms with Gasteiger partial charge in [-0.2, -0.15) is 0 Å². The maximum Gasteiger partial charge on any atom is 0.0434 e. The second kappa shape index (κ2) is 4.74. The van der Waals surface area contributed by atoms with E-state index in [2.05, 4.69) is 5.32 Å². The first-order valence-corrected chi connectivity index (χ1v) is 3.82. The average Bonchev–Trinajstić information content (AvgIpc) is 2.28. The number of allylic oxidation sites excluding steroid dienone is 4. The molecule has 0 spiro atoms. The summed E-state index contributed by atoms with van der Waals surface area (Å²) in [6.07, 6.45) is 11.6. The van der Waals surface area contributed by atoms with Gasteiger partial charge in [0.15, 0.2) is 0 Å². The predicted molar refractivity (Wildman–Crippen MR) is 45.8 cm³/mol. The van der Waals surface area contributed by atoms with Gasteiger partial charge < -0.3 is 10.4 Å². The van der Waals surface area contributed by atoms with Crippen molar-refractivity contribution in [2.75, 3.05) is 6.61 Å². The van der Waals surface area contributed by atoms with Crippen molar-refractivity contribution >= 4 is 0 Å². The maximum absolute atomic E-state index is 8.58. The molecule has 1 aliphatic rings. The SMILES string of the molecule is OCCCC1=CNC=CC=C1. The third-order valence-corrected chi connectivity index (χ3v) is 1.51. The van der Waals surface area contributed by atoms with E-state index in [4.69, 9.17) is 5.11 Å². The quantitative estimate of drug-likeness (QED) is 0.637. The number of hydrogen-bond donors (Lipinski definition) is 2. The van der Waals surface area contributed by atoms with Crippen LogP contribution in [0.1, 0.15) is 12.8 Å². The first kappa shape index (κ1) is 8.08. The topological polar surface area (TPSA) is 32.3 Å². The highest BCUT2D eigenvalue weighted by molar-refractivity contribution is 5.24. The molecule has 1 rings (SSSR count). The van der Waals surface area contributed by atoms with Gasteiger partial charge in [-0.15, -0.1) is 0 Å². The van der Waals surface area contributed by atoms with Gasteiger partial charge in [-0.3, -0.25) is 0 Å². The number of aliphatic hydroxyl groups excluding tert-OH is 1. The molecule has 0 aromatic rings. The summed E-state index contributed by atoms with van der Waals surface area (Å²) < 4.78 is 0. The predicted octanol–water partition coefficient (Wildman–Crippen LogP) is 1.32. The van der Waals surface area contributed by atoms with Gasteiger partial charge in [0, 0.05) is 19.0 Å². The largest absolute Gasteiger partial charge is 0.396 e. The Morgan fingerprint density at radius 2 is 2.27 bits per heavy atom. The molecule has 0 unspecified atom stereocenters. The molecule has 0 saturated carbocycles. The summed E-state index contributed by atoms with van der Waals surface area (Å²) in [7, 11) is 0. The van der Waals surface area contributed by atoms with Crippen molar-refractivity contribution < 1.29 is 5.11 Å². The zero-order chi connectivity index (χ0) is 7.94. The van der Waals surface area contributed by atoms with Crippen LogP contribution >= 0.6 is 0 Å². The van der Waals surface area contributed by atoms with E-state index < -0.39 is 0 Å². The molecule has 0 bridgehead atoms. The molecule has 1 heterocycles. The Bertz CT molecular complexity index is 192. The first-order chi connectivity index (χ1) is 5.43. The smallest absolute Gasteiger partial charge is 0.0434 e. The van der Waals surface area contributed by atoms with Crippen LogP contribution in [-0.2, 0) is 0 Å². The van der Waals surface area contributed by atoms with Crippen LogP contribution in [0.3, 0.4) is 0 Å². The molecule has 0 atom stereocenters. The second-order valence-corrected chi connectivity index (χ2v) is 2.43. The Balaban J connectivity index is 2.38. The minimum Gasteiger partial charge on any atom is -0.396 e. The van der Waals surface area contributed by atoms with Crippen molar-refractivity contribution in [2.24, 2.45) is 0 Å². The second-order valence-electron chi connectivity index (χ2n) is 2.43. The Hall–Kier alpha value is -1.02. The van der Waals surface area contributed by atoms with Gasteiger partial charge in [-0.25, -0.2) is 0 Å². The van der Waals surface area contributed by atoms with E-state index in [0.29, 0.717) is 0 Å². The van der Waals surface area contributed by atoms with Crippen LogP contribution < -0.4 is 5.32 Å². The highest BCUT2D eigenvalue weighted by atomic mass is 16.2. The summed E-state index contributed by atoms with van der Waals surface area (Å²) in [5.41, 5.74) is 1.23. The lowest BCUT2D eigenvalue weighted by Gasteiger charge is -1.98. The van der Waals surface area contributed by atoms with Crippen molar-refractivity contribution in [3.63, 3.8) is 0 Å². The highest BCUT2D eigenvalue weighted by Gasteiger charge is 1.92. The summed E-state index contributed by atoms with van der Waals surface area (Å²) in [4.78, 5) is 0. The average molecular weight is 151 g/mol. The molecule has 0 aromatic heterocycles. The van der Waals surface area contributed by atoms with Gasteiger partial charge >= 0.3 is 0 Å². The monoisotopic (exact) mass is 151 g/mol. The summed E-state index contributed by atoms with van der Waals surface area (Å²) in [6.45, 7) is 0.263. The summed E-state index contributed by atoms with van der Waals surface area (Å²) in [6, 6.07) is 0. The summed E-state index contributed by atoms with van der Waals surface area (Å²) in [5.74, 6) is 0. The fourth-order valence-corrected chi connectivity index (χ4v) is 0.932. The van der Waals surface area contributed by atoms with E-state index >= 15 is 0 Å². The molecule has 2 nitrogen and oxygen atoms in total. The van der Waals surface area contributed by atoms with E-state index in [-0.39, 0.29) is 6.61 Å². The molecule has 11 heavy (non-hydrogen) atoms. The zero-order valence-corrected chi connectivity index (χ0v) is 6.46. The van der Waals surface area contributed by atoms with Crippen LogP contribution in [0.25, 0.3) is 0 Å². The van der Waals surface area contributed by atoms with E-state index in [9.17, 15) is 0 Å². The molecule has 2 heteroatoms.